The van der Waals surface area contributed by atoms with Crippen molar-refractivity contribution in [3.05, 3.63) is 53.7 Å². The first kappa shape index (κ1) is 25.9. The molecule has 2 N–H and O–H groups in total. The molecule has 1 saturated heterocycles. The first-order valence-corrected chi connectivity index (χ1v) is 12.7. The van der Waals surface area contributed by atoms with Crippen molar-refractivity contribution in [1.29, 1.82) is 0 Å². The molecule has 0 unspecified atom stereocenters. The van der Waals surface area contributed by atoms with Crippen molar-refractivity contribution >= 4 is 17.7 Å². The van der Waals surface area contributed by atoms with Crippen molar-refractivity contribution in [3.8, 4) is 5.75 Å². The van der Waals surface area contributed by atoms with Crippen LogP contribution in [-0.2, 0) is 20.7 Å². The molecule has 2 aliphatic rings. The van der Waals surface area contributed by atoms with Crippen molar-refractivity contribution < 1.29 is 19.1 Å². The highest BCUT2D eigenvalue weighted by molar-refractivity contribution is 5.89. The molecular formula is C28H38N4O4. The zero-order valence-electron chi connectivity index (χ0n) is 22.1. The first-order valence-electron chi connectivity index (χ1n) is 12.7. The number of fused-ring (bicyclic) bond motifs is 1. The number of likely N-dealkylation sites (tertiary alicyclic amines) is 1. The maximum atomic E-state index is 14.3. The molecule has 3 heterocycles. The summed E-state index contributed by atoms with van der Waals surface area (Å²) >= 11 is 0. The van der Waals surface area contributed by atoms with Gasteiger partial charge in [-0.3, -0.25) is 4.79 Å². The van der Waals surface area contributed by atoms with Gasteiger partial charge in [0.2, 0.25) is 0 Å². The predicted octanol–water partition coefficient (Wildman–Crippen LogP) is 3.35. The van der Waals surface area contributed by atoms with Crippen molar-refractivity contribution in [2.24, 2.45) is 17.1 Å². The number of nitrogens with two attached hydrogens (primary N) is 1. The summed E-state index contributed by atoms with van der Waals surface area (Å²) in [7, 11) is 3.81. The Morgan fingerprint density at radius 3 is 2.58 bits per heavy atom. The van der Waals surface area contributed by atoms with Gasteiger partial charge >= 0.3 is 5.97 Å². The van der Waals surface area contributed by atoms with Crippen LogP contribution in [0.4, 0.5) is 5.82 Å². The van der Waals surface area contributed by atoms with Crippen LogP contribution in [0.3, 0.4) is 0 Å². The number of rotatable bonds is 5. The van der Waals surface area contributed by atoms with E-state index in [1.54, 1.807) is 18.0 Å². The first-order chi connectivity index (χ1) is 17.1. The number of nitrogens with zero attached hydrogens (tertiary/aromatic N) is 3. The maximum Gasteiger partial charge on any atom is 0.329 e. The SMILES string of the molecule is CCOC(=O)[C@@H]1[C@@H](C(C)(C)C)[C@H](N)[C@H](c2cccnc2N(C)C)N1C(=O)[C@H]1CCc2ccccc2O1. The lowest BCUT2D eigenvalue weighted by molar-refractivity contribution is -0.159. The van der Waals surface area contributed by atoms with Crippen molar-refractivity contribution in [2.45, 2.75) is 64.8 Å². The number of hydrogen-bond acceptors (Lipinski definition) is 7. The summed E-state index contributed by atoms with van der Waals surface area (Å²) in [5, 5.41) is 0. The Morgan fingerprint density at radius 1 is 1.19 bits per heavy atom. The number of hydrogen-bond donors (Lipinski definition) is 1. The largest absolute Gasteiger partial charge is 0.480 e. The van der Waals surface area contributed by atoms with E-state index in [9.17, 15) is 9.59 Å². The Bertz CT molecular complexity index is 1110. The molecule has 8 heteroatoms. The Morgan fingerprint density at radius 2 is 1.92 bits per heavy atom. The molecule has 1 fully saturated rings. The highest BCUT2D eigenvalue weighted by Gasteiger charge is 2.58. The summed E-state index contributed by atoms with van der Waals surface area (Å²) in [5.74, 6) is 0.399. The lowest BCUT2D eigenvalue weighted by atomic mass is 9.73. The fourth-order valence-corrected chi connectivity index (χ4v) is 5.79. The molecule has 0 aliphatic carbocycles. The fraction of sp³-hybridized carbons (Fsp3) is 0.536. The summed E-state index contributed by atoms with van der Waals surface area (Å²) in [5.41, 5.74) is 8.49. The average molecular weight is 495 g/mol. The van der Waals surface area contributed by atoms with Gasteiger partial charge in [0.25, 0.3) is 5.91 Å². The highest BCUT2D eigenvalue weighted by Crippen LogP contribution is 2.49. The van der Waals surface area contributed by atoms with Gasteiger partial charge in [0, 0.05) is 37.8 Å². The van der Waals surface area contributed by atoms with E-state index in [0.29, 0.717) is 18.0 Å². The molecule has 8 nitrogen and oxygen atoms in total. The van der Waals surface area contributed by atoms with Crippen LogP contribution < -0.4 is 15.4 Å². The van der Waals surface area contributed by atoms with Crippen LogP contribution in [0.5, 0.6) is 5.75 Å². The highest BCUT2D eigenvalue weighted by atomic mass is 16.5. The molecule has 0 saturated carbocycles. The maximum absolute atomic E-state index is 14.3. The number of amides is 1. The molecule has 36 heavy (non-hydrogen) atoms. The zero-order valence-corrected chi connectivity index (χ0v) is 22.1. The number of pyridine rings is 1. The Hall–Kier alpha value is -3.13. The van der Waals surface area contributed by atoms with E-state index in [2.05, 4.69) is 25.8 Å². The third-order valence-electron chi connectivity index (χ3n) is 7.25. The van der Waals surface area contributed by atoms with E-state index < -0.39 is 30.2 Å². The van der Waals surface area contributed by atoms with Gasteiger partial charge in [-0.25, -0.2) is 9.78 Å². The minimum atomic E-state index is -0.839. The number of aromatic nitrogens is 1. The van der Waals surface area contributed by atoms with Crippen LogP contribution in [-0.4, -0.2) is 60.7 Å². The summed E-state index contributed by atoms with van der Waals surface area (Å²) in [4.78, 5) is 35.9. The van der Waals surface area contributed by atoms with Gasteiger partial charge < -0.3 is 25.0 Å². The molecule has 1 aromatic heterocycles. The minimum absolute atomic E-state index is 0.220. The number of benzene rings is 1. The fourth-order valence-electron chi connectivity index (χ4n) is 5.79. The normalized spacial score (nSPS) is 25.6. The van der Waals surface area contributed by atoms with Crippen molar-refractivity contribution in [3.63, 3.8) is 0 Å². The predicted molar refractivity (Wildman–Crippen MR) is 139 cm³/mol. The van der Waals surface area contributed by atoms with Crippen LogP contribution in [0.15, 0.2) is 42.6 Å². The molecule has 1 aromatic carbocycles. The van der Waals surface area contributed by atoms with E-state index in [1.807, 2.05) is 55.4 Å². The van der Waals surface area contributed by atoms with Crippen LogP contribution in [0, 0.1) is 11.3 Å². The summed E-state index contributed by atoms with van der Waals surface area (Å²) in [6.07, 6.45) is 2.25. The molecule has 4 rings (SSSR count). The topological polar surface area (TPSA) is 98.0 Å². The number of esters is 1. The molecule has 1 amide bonds. The molecule has 0 radical (unpaired) electrons. The molecule has 194 valence electrons. The second kappa shape index (κ2) is 10.1. The van der Waals surface area contributed by atoms with E-state index in [-0.39, 0.29) is 23.8 Å². The van der Waals surface area contributed by atoms with Crippen LogP contribution in [0.1, 0.15) is 51.3 Å². The minimum Gasteiger partial charge on any atom is -0.480 e. The third-order valence-corrected chi connectivity index (χ3v) is 7.25. The van der Waals surface area contributed by atoms with Crippen LogP contribution >= 0.6 is 0 Å². The quantitative estimate of drug-likeness (QED) is 0.637. The van der Waals surface area contributed by atoms with Gasteiger partial charge in [-0.15, -0.1) is 0 Å². The lowest BCUT2D eigenvalue weighted by Gasteiger charge is -2.37. The molecule has 0 spiro atoms. The van der Waals surface area contributed by atoms with E-state index in [0.717, 1.165) is 17.5 Å². The smallest absolute Gasteiger partial charge is 0.329 e. The summed E-state index contributed by atoms with van der Waals surface area (Å²) in [6, 6.07) is 9.63. The summed E-state index contributed by atoms with van der Waals surface area (Å²) in [6.45, 7) is 8.15. The van der Waals surface area contributed by atoms with Gasteiger partial charge in [0.15, 0.2) is 6.10 Å². The monoisotopic (exact) mass is 494 g/mol. The molecule has 2 aliphatic heterocycles. The second-order valence-electron chi connectivity index (χ2n) is 10.9. The number of carbonyl (C=O) groups excluding carboxylic acids is 2. The summed E-state index contributed by atoms with van der Waals surface area (Å²) < 4.78 is 11.7. The Kier molecular flexibility index (Phi) is 7.27. The lowest BCUT2D eigenvalue weighted by Crippen LogP contribution is -2.52. The van der Waals surface area contributed by atoms with Gasteiger partial charge in [-0.2, -0.15) is 0 Å². The van der Waals surface area contributed by atoms with Crippen molar-refractivity contribution in [2.75, 3.05) is 25.6 Å². The van der Waals surface area contributed by atoms with E-state index in [1.165, 1.54) is 0 Å². The van der Waals surface area contributed by atoms with Gasteiger partial charge in [-0.05, 0) is 42.9 Å². The van der Waals surface area contributed by atoms with E-state index in [4.69, 9.17) is 15.2 Å². The Balaban J connectivity index is 1.84. The van der Waals surface area contributed by atoms with Gasteiger partial charge in [0.05, 0.1) is 12.6 Å². The van der Waals surface area contributed by atoms with Crippen molar-refractivity contribution in [1.82, 2.24) is 9.88 Å². The van der Waals surface area contributed by atoms with E-state index >= 15 is 0 Å². The average Bonchev–Trinajstić information content (AvgIpc) is 3.16. The molecular weight excluding hydrogens is 456 g/mol. The number of carbonyl (C=O) groups is 2. The van der Waals surface area contributed by atoms with Gasteiger partial charge in [0.1, 0.15) is 17.6 Å². The third kappa shape index (κ3) is 4.66. The number of ether oxygens (including phenoxy) is 2. The van der Waals surface area contributed by atoms with Crippen LogP contribution in [0.25, 0.3) is 0 Å². The molecule has 0 bridgehead atoms. The van der Waals surface area contributed by atoms with Crippen LogP contribution in [0.2, 0.25) is 0 Å². The second-order valence-corrected chi connectivity index (χ2v) is 10.9. The number of aryl methyl sites for hydroxylation is 1. The standard InChI is InChI=1S/C28H38N4O4/c1-7-35-27(34)24-21(28(2,3)4)22(29)23(18-12-10-16-30-25(18)31(5)6)32(24)26(33)20-15-14-17-11-8-9-13-19(17)36-20/h8-13,16,20-24H,7,14-15,29H2,1-6H3/t20-,21+,22+,23+,24+/m1/s1. The number of para-hydroxylation sites is 1. The number of anilines is 1. The molecule has 5 atom stereocenters. The van der Waals surface area contributed by atoms with Gasteiger partial charge in [-0.1, -0.05) is 45.0 Å². The Labute approximate surface area is 213 Å². The zero-order chi connectivity index (χ0) is 26.2. The molecule has 2 aromatic rings.